The third-order valence-electron chi connectivity index (χ3n) is 2.48. The van der Waals surface area contributed by atoms with Gasteiger partial charge in [0, 0.05) is 30.9 Å². The zero-order valence-electron chi connectivity index (χ0n) is 8.61. The Morgan fingerprint density at radius 2 is 2.38 bits per heavy atom. The highest BCUT2D eigenvalue weighted by atomic mass is 79.9. The monoisotopic (exact) mass is 304 g/mol. The van der Waals surface area contributed by atoms with Crippen molar-refractivity contribution in [3.63, 3.8) is 0 Å². The van der Waals surface area contributed by atoms with Gasteiger partial charge in [0.05, 0.1) is 11.1 Å². The second-order valence-electron chi connectivity index (χ2n) is 3.55. The van der Waals surface area contributed by atoms with E-state index < -0.39 is 0 Å². The summed E-state index contributed by atoms with van der Waals surface area (Å²) in [5.74, 6) is -0.147. The molecule has 0 unspecified atom stereocenters. The first kappa shape index (κ1) is 11.8. The lowest BCUT2D eigenvalue weighted by Crippen LogP contribution is -2.54. The summed E-state index contributed by atoms with van der Waals surface area (Å²) >= 11 is 9.19. The molecular weight excluding hydrogens is 295 g/mol. The highest BCUT2D eigenvalue weighted by molar-refractivity contribution is 9.10. The van der Waals surface area contributed by atoms with E-state index in [1.54, 1.807) is 24.3 Å². The van der Waals surface area contributed by atoms with E-state index in [9.17, 15) is 4.79 Å². The summed E-state index contributed by atoms with van der Waals surface area (Å²) < 4.78 is 5.85. The van der Waals surface area contributed by atoms with E-state index in [1.807, 2.05) is 0 Å². The third-order valence-corrected chi connectivity index (χ3v) is 3.20. The smallest absolute Gasteiger partial charge is 0.274 e. The van der Waals surface area contributed by atoms with E-state index >= 15 is 0 Å². The number of halogens is 2. The molecule has 0 radical (unpaired) electrons. The van der Waals surface area contributed by atoms with Crippen molar-refractivity contribution in [2.75, 3.05) is 20.2 Å². The molecule has 1 amide bonds. The molecular formula is C10H10BrClN2O2. The Kier molecular flexibility index (Phi) is 3.47. The summed E-state index contributed by atoms with van der Waals surface area (Å²) in [5, 5.41) is 0.361. The highest BCUT2D eigenvalue weighted by Crippen LogP contribution is 2.22. The van der Waals surface area contributed by atoms with Gasteiger partial charge in [0.15, 0.2) is 0 Å². The van der Waals surface area contributed by atoms with Crippen LogP contribution < -0.4 is 0 Å². The molecule has 0 spiro atoms. The van der Waals surface area contributed by atoms with Crippen LogP contribution in [-0.2, 0) is 4.74 Å². The van der Waals surface area contributed by atoms with E-state index in [2.05, 4.69) is 20.9 Å². The van der Waals surface area contributed by atoms with Gasteiger partial charge in [0.25, 0.3) is 5.91 Å². The minimum absolute atomic E-state index is 0.137. The average Bonchev–Trinajstić information content (AvgIpc) is 2.15. The molecule has 4 nitrogen and oxygen atoms in total. The Labute approximate surface area is 107 Å². The SMILES string of the molecule is COC1CN(C(=O)c2ncc(Br)cc2Cl)C1. The number of carbonyl (C=O) groups is 1. The second kappa shape index (κ2) is 4.69. The van der Waals surface area contributed by atoms with Crippen LogP contribution in [0.5, 0.6) is 0 Å². The number of aromatic nitrogens is 1. The molecule has 0 N–H and O–H groups in total. The summed E-state index contributed by atoms with van der Waals surface area (Å²) in [6.45, 7) is 1.20. The molecule has 0 saturated carbocycles. The predicted molar refractivity (Wildman–Crippen MR) is 63.6 cm³/mol. The van der Waals surface area contributed by atoms with Crippen molar-refractivity contribution in [2.24, 2.45) is 0 Å². The van der Waals surface area contributed by atoms with E-state index in [0.717, 1.165) is 4.47 Å². The standard InChI is InChI=1S/C10H10BrClN2O2/c1-16-7-4-14(5-7)10(15)9-8(12)2-6(11)3-13-9/h2-3,7H,4-5H2,1H3. The molecule has 2 heterocycles. The van der Waals surface area contributed by atoms with Crippen LogP contribution >= 0.6 is 27.5 Å². The Bertz CT molecular complexity index is 421. The van der Waals surface area contributed by atoms with Gasteiger partial charge in [0.1, 0.15) is 5.69 Å². The predicted octanol–water partition coefficient (Wildman–Crippen LogP) is 1.97. The molecule has 1 aliphatic heterocycles. The van der Waals surface area contributed by atoms with E-state index in [1.165, 1.54) is 0 Å². The normalized spacial score (nSPS) is 16.1. The summed E-state index contributed by atoms with van der Waals surface area (Å²) in [4.78, 5) is 17.6. The van der Waals surface area contributed by atoms with Gasteiger partial charge in [-0.25, -0.2) is 4.98 Å². The molecule has 0 aliphatic carbocycles. The van der Waals surface area contributed by atoms with Gasteiger partial charge in [-0.2, -0.15) is 0 Å². The van der Waals surface area contributed by atoms with Crippen molar-refractivity contribution >= 4 is 33.4 Å². The Morgan fingerprint density at radius 1 is 1.69 bits per heavy atom. The van der Waals surface area contributed by atoms with Crippen LogP contribution in [0.1, 0.15) is 10.5 Å². The topological polar surface area (TPSA) is 42.4 Å². The largest absolute Gasteiger partial charge is 0.378 e. The van der Waals surface area contributed by atoms with E-state index in [0.29, 0.717) is 23.8 Å². The zero-order valence-corrected chi connectivity index (χ0v) is 11.0. The van der Waals surface area contributed by atoms with Gasteiger partial charge in [-0.15, -0.1) is 0 Å². The Balaban J connectivity index is 2.10. The number of nitrogens with zero attached hydrogens (tertiary/aromatic N) is 2. The number of hydrogen-bond donors (Lipinski definition) is 0. The van der Waals surface area contributed by atoms with E-state index in [4.69, 9.17) is 16.3 Å². The summed E-state index contributed by atoms with van der Waals surface area (Å²) in [6.07, 6.45) is 1.70. The Morgan fingerprint density at radius 3 is 2.94 bits per heavy atom. The molecule has 0 aromatic carbocycles. The fourth-order valence-corrected chi connectivity index (χ4v) is 2.19. The maximum atomic E-state index is 11.9. The summed E-state index contributed by atoms with van der Waals surface area (Å²) in [6, 6.07) is 1.66. The number of pyridine rings is 1. The first-order valence-corrected chi connectivity index (χ1v) is 5.92. The van der Waals surface area contributed by atoms with Gasteiger partial charge < -0.3 is 9.64 Å². The van der Waals surface area contributed by atoms with Crippen molar-refractivity contribution in [3.05, 3.63) is 27.5 Å². The molecule has 86 valence electrons. The number of methoxy groups -OCH3 is 1. The van der Waals surface area contributed by atoms with Crippen molar-refractivity contribution in [1.82, 2.24) is 9.88 Å². The van der Waals surface area contributed by atoms with Crippen molar-refractivity contribution in [1.29, 1.82) is 0 Å². The first-order valence-electron chi connectivity index (χ1n) is 4.75. The lowest BCUT2D eigenvalue weighted by Gasteiger charge is -2.37. The number of carbonyl (C=O) groups excluding carboxylic acids is 1. The van der Waals surface area contributed by atoms with Gasteiger partial charge in [0.2, 0.25) is 0 Å². The van der Waals surface area contributed by atoms with Crippen LogP contribution in [-0.4, -0.2) is 42.1 Å². The number of hydrogen-bond acceptors (Lipinski definition) is 3. The summed E-state index contributed by atoms with van der Waals surface area (Å²) in [5.41, 5.74) is 0.291. The molecule has 0 bridgehead atoms. The molecule has 16 heavy (non-hydrogen) atoms. The zero-order chi connectivity index (χ0) is 11.7. The van der Waals surface area contributed by atoms with Crippen molar-refractivity contribution in [3.8, 4) is 0 Å². The van der Waals surface area contributed by atoms with Crippen LogP contribution in [0, 0.1) is 0 Å². The van der Waals surface area contributed by atoms with Gasteiger partial charge in [-0.1, -0.05) is 11.6 Å². The first-order chi connectivity index (χ1) is 7.61. The van der Waals surface area contributed by atoms with Crippen molar-refractivity contribution < 1.29 is 9.53 Å². The third kappa shape index (κ3) is 2.21. The van der Waals surface area contributed by atoms with Crippen LogP contribution in [0.25, 0.3) is 0 Å². The lowest BCUT2D eigenvalue weighted by atomic mass is 10.1. The van der Waals surface area contributed by atoms with Gasteiger partial charge >= 0.3 is 0 Å². The average molecular weight is 306 g/mol. The Hall–Kier alpha value is -0.650. The maximum absolute atomic E-state index is 11.9. The molecule has 1 fully saturated rings. The minimum Gasteiger partial charge on any atom is -0.378 e. The fourth-order valence-electron chi connectivity index (χ4n) is 1.47. The van der Waals surface area contributed by atoms with Gasteiger partial charge in [-0.05, 0) is 22.0 Å². The van der Waals surface area contributed by atoms with Crippen LogP contribution in [0.15, 0.2) is 16.7 Å². The molecule has 1 aromatic heterocycles. The fraction of sp³-hybridized carbons (Fsp3) is 0.400. The quantitative estimate of drug-likeness (QED) is 0.839. The molecule has 1 aromatic rings. The van der Waals surface area contributed by atoms with E-state index in [-0.39, 0.29) is 12.0 Å². The van der Waals surface area contributed by atoms with Gasteiger partial charge in [-0.3, -0.25) is 4.79 Å². The number of amides is 1. The summed E-state index contributed by atoms with van der Waals surface area (Å²) in [7, 11) is 1.64. The molecule has 1 aliphatic rings. The van der Waals surface area contributed by atoms with Crippen LogP contribution in [0.4, 0.5) is 0 Å². The number of rotatable bonds is 2. The van der Waals surface area contributed by atoms with Crippen LogP contribution in [0.3, 0.4) is 0 Å². The molecule has 0 atom stereocenters. The number of likely N-dealkylation sites (tertiary alicyclic amines) is 1. The molecule has 2 rings (SSSR count). The minimum atomic E-state index is -0.147. The van der Waals surface area contributed by atoms with Crippen molar-refractivity contribution in [2.45, 2.75) is 6.10 Å². The maximum Gasteiger partial charge on any atom is 0.274 e. The molecule has 1 saturated heterocycles. The van der Waals surface area contributed by atoms with Crippen LogP contribution in [0.2, 0.25) is 5.02 Å². The lowest BCUT2D eigenvalue weighted by molar-refractivity contribution is -0.0194. The number of ether oxygens (including phenoxy) is 1. The highest BCUT2D eigenvalue weighted by Gasteiger charge is 2.32. The molecule has 6 heteroatoms. The second-order valence-corrected chi connectivity index (χ2v) is 4.87.